The van der Waals surface area contributed by atoms with Gasteiger partial charge in [0.2, 0.25) is 0 Å². The van der Waals surface area contributed by atoms with Crippen molar-refractivity contribution in [2.45, 2.75) is 38.6 Å². The smallest absolute Gasteiger partial charge is 0.148 e. The van der Waals surface area contributed by atoms with E-state index >= 15 is 0 Å². The number of sulfone groups is 1. The molecule has 0 aromatic heterocycles. The van der Waals surface area contributed by atoms with Crippen molar-refractivity contribution in [1.82, 2.24) is 10.2 Å². The summed E-state index contributed by atoms with van der Waals surface area (Å²) in [4.78, 5) is 2.54. The average molecular weight is 262 g/mol. The number of piperidine rings is 1. The lowest BCUT2D eigenvalue weighted by Gasteiger charge is -2.35. The van der Waals surface area contributed by atoms with Crippen molar-refractivity contribution >= 4 is 9.84 Å². The highest BCUT2D eigenvalue weighted by Crippen LogP contribution is 2.18. The molecule has 0 aliphatic carbocycles. The Labute approximate surface area is 106 Å². The molecule has 1 aliphatic rings. The SMILES string of the molecule is CCC1CCCCN1CCNCCS(C)(=O)=O. The first-order valence-corrected chi connectivity index (χ1v) is 8.71. The predicted octanol–water partition coefficient (Wildman–Crippen LogP) is 0.885. The standard InChI is InChI=1S/C12H26N2O2S/c1-3-12-6-4-5-9-14(12)10-7-13-8-11-17(2,15)16/h12-13H,3-11H2,1-2H3. The van der Waals surface area contributed by atoms with Crippen LogP contribution in [0.4, 0.5) is 0 Å². The molecular formula is C12H26N2O2S. The zero-order valence-corrected chi connectivity index (χ0v) is 11.9. The molecule has 1 atom stereocenters. The normalized spacial score (nSPS) is 22.8. The number of rotatable bonds is 7. The van der Waals surface area contributed by atoms with Gasteiger partial charge in [-0.15, -0.1) is 0 Å². The third kappa shape index (κ3) is 6.38. The molecule has 0 aromatic carbocycles. The first-order chi connectivity index (χ1) is 8.03. The fraction of sp³-hybridized carbons (Fsp3) is 1.00. The largest absolute Gasteiger partial charge is 0.314 e. The third-order valence-corrected chi connectivity index (χ3v) is 4.39. The second-order valence-corrected chi connectivity index (χ2v) is 7.23. The van der Waals surface area contributed by atoms with Crippen LogP contribution in [0.15, 0.2) is 0 Å². The monoisotopic (exact) mass is 262 g/mol. The molecule has 5 heteroatoms. The molecule has 102 valence electrons. The van der Waals surface area contributed by atoms with Gasteiger partial charge in [0.05, 0.1) is 5.75 Å². The van der Waals surface area contributed by atoms with Gasteiger partial charge in [-0.05, 0) is 25.8 Å². The fourth-order valence-corrected chi connectivity index (χ4v) is 2.94. The van der Waals surface area contributed by atoms with Crippen LogP contribution in [0.1, 0.15) is 32.6 Å². The lowest BCUT2D eigenvalue weighted by molar-refractivity contribution is 0.145. The molecule has 0 radical (unpaired) electrons. The highest BCUT2D eigenvalue weighted by molar-refractivity contribution is 7.90. The van der Waals surface area contributed by atoms with Crippen molar-refractivity contribution in [3.8, 4) is 0 Å². The Morgan fingerprint density at radius 1 is 1.29 bits per heavy atom. The summed E-state index contributed by atoms with van der Waals surface area (Å²) in [5.74, 6) is 0.240. The van der Waals surface area contributed by atoms with Gasteiger partial charge < -0.3 is 5.32 Å². The van der Waals surface area contributed by atoms with Crippen molar-refractivity contribution in [2.24, 2.45) is 0 Å². The molecule has 1 unspecified atom stereocenters. The van der Waals surface area contributed by atoms with Crippen molar-refractivity contribution in [2.75, 3.05) is 38.2 Å². The maximum atomic E-state index is 10.9. The maximum absolute atomic E-state index is 10.9. The maximum Gasteiger partial charge on any atom is 0.148 e. The van der Waals surface area contributed by atoms with Gasteiger partial charge >= 0.3 is 0 Å². The van der Waals surface area contributed by atoms with Crippen LogP contribution in [0.2, 0.25) is 0 Å². The third-order valence-electron chi connectivity index (χ3n) is 3.45. The van der Waals surface area contributed by atoms with Crippen molar-refractivity contribution < 1.29 is 8.42 Å². The van der Waals surface area contributed by atoms with Gasteiger partial charge in [0, 0.05) is 31.9 Å². The molecule has 17 heavy (non-hydrogen) atoms. The molecule has 1 saturated heterocycles. The minimum absolute atomic E-state index is 0.240. The summed E-state index contributed by atoms with van der Waals surface area (Å²) in [6.07, 6.45) is 6.49. The average Bonchev–Trinajstić information content (AvgIpc) is 2.27. The molecule has 1 heterocycles. The summed E-state index contributed by atoms with van der Waals surface area (Å²) in [5, 5.41) is 3.21. The molecule has 0 spiro atoms. The second kappa shape index (κ2) is 7.34. The number of hydrogen-bond acceptors (Lipinski definition) is 4. The van der Waals surface area contributed by atoms with Gasteiger partial charge in [0.25, 0.3) is 0 Å². The lowest BCUT2D eigenvalue weighted by atomic mass is 10.0. The quantitative estimate of drug-likeness (QED) is 0.692. The molecule has 1 rings (SSSR count). The Hall–Kier alpha value is -0.130. The Kier molecular flexibility index (Phi) is 6.44. The molecule has 0 bridgehead atoms. The van der Waals surface area contributed by atoms with Gasteiger partial charge in [-0.2, -0.15) is 0 Å². The Bertz CT molecular complexity index is 304. The van der Waals surface area contributed by atoms with Crippen molar-refractivity contribution in [3.05, 3.63) is 0 Å². The van der Waals surface area contributed by atoms with Gasteiger partial charge in [-0.3, -0.25) is 4.90 Å². The first-order valence-electron chi connectivity index (χ1n) is 6.65. The summed E-state index contributed by atoms with van der Waals surface area (Å²) in [7, 11) is -2.82. The molecule has 4 nitrogen and oxygen atoms in total. The van der Waals surface area contributed by atoms with E-state index in [2.05, 4.69) is 17.1 Å². The summed E-state index contributed by atoms with van der Waals surface area (Å²) in [5.41, 5.74) is 0. The predicted molar refractivity (Wildman–Crippen MR) is 72.1 cm³/mol. The Morgan fingerprint density at radius 2 is 2.06 bits per heavy atom. The lowest BCUT2D eigenvalue weighted by Crippen LogP contribution is -2.43. The molecule has 1 N–H and O–H groups in total. The summed E-state index contributed by atoms with van der Waals surface area (Å²) < 4.78 is 21.9. The van der Waals surface area contributed by atoms with Crippen LogP contribution >= 0.6 is 0 Å². The van der Waals surface area contributed by atoms with E-state index in [9.17, 15) is 8.42 Å². The van der Waals surface area contributed by atoms with E-state index in [1.807, 2.05) is 0 Å². The van der Waals surface area contributed by atoms with E-state index in [-0.39, 0.29) is 5.75 Å². The zero-order chi connectivity index (χ0) is 12.7. The number of nitrogens with zero attached hydrogens (tertiary/aromatic N) is 1. The van der Waals surface area contributed by atoms with E-state index in [0.717, 1.165) is 19.1 Å². The van der Waals surface area contributed by atoms with E-state index in [1.165, 1.54) is 38.5 Å². The molecule has 0 aromatic rings. The first kappa shape index (κ1) is 14.9. The zero-order valence-electron chi connectivity index (χ0n) is 11.1. The van der Waals surface area contributed by atoms with Crippen LogP contribution in [0.5, 0.6) is 0 Å². The van der Waals surface area contributed by atoms with E-state index < -0.39 is 9.84 Å². The highest BCUT2D eigenvalue weighted by Gasteiger charge is 2.19. The summed E-state index contributed by atoms with van der Waals surface area (Å²) in [6, 6.07) is 0.737. The van der Waals surface area contributed by atoms with Crippen LogP contribution in [0.25, 0.3) is 0 Å². The highest BCUT2D eigenvalue weighted by atomic mass is 32.2. The Morgan fingerprint density at radius 3 is 2.71 bits per heavy atom. The second-order valence-electron chi connectivity index (χ2n) is 4.97. The summed E-state index contributed by atoms with van der Waals surface area (Å²) >= 11 is 0. The van der Waals surface area contributed by atoms with E-state index in [1.54, 1.807) is 0 Å². The topological polar surface area (TPSA) is 49.4 Å². The van der Waals surface area contributed by atoms with E-state index in [0.29, 0.717) is 6.54 Å². The molecule has 1 aliphatic heterocycles. The van der Waals surface area contributed by atoms with Gasteiger partial charge in [0.1, 0.15) is 9.84 Å². The van der Waals surface area contributed by atoms with Gasteiger partial charge in [0.15, 0.2) is 0 Å². The summed E-state index contributed by atoms with van der Waals surface area (Å²) in [6.45, 7) is 5.96. The van der Waals surface area contributed by atoms with E-state index in [4.69, 9.17) is 0 Å². The van der Waals surface area contributed by atoms with Crippen LogP contribution in [-0.2, 0) is 9.84 Å². The minimum Gasteiger partial charge on any atom is -0.314 e. The molecule has 0 amide bonds. The fourth-order valence-electron chi connectivity index (χ4n) is 2.42. The van der Waals surface area contributed by atoms with Crippen LogP contribution < -0.4 is 5.32 Å². The van der Waals surface area contributed by atoms with Crippen LogP contribution in [0.3, 0.4) is 0 Å². The van der Waals surface area contributed by atoms with Crippen LogP contribution in [0, 0.1) is 0 Å². The van der Waals surface area contributed by atoms with Crippen LogP contribution in [-0.4, -0.2) is 57.5 Å². The van der Waals surface area contributed by atoms with Crippen molar-refractivity contribution in [3.63, 3.8) is 0 Å². The number of hydrogen-bond donors (Lipinski definition) is 1. The number of likely N-dealkylation sites (tertiary alicyclic amines) is 1. The minimum atomic E-state index is -2.82. The van der Waals surface area contributed by atoms with Gasteiger partial charge in [-0.1, -0.05) is 13.3 Å². The Balaban J connectivity index is 2.12. The van der Waals surface area contributed by atoms with Gasteiger partial charge in [-0.25, -0.2) is 8.42 Å². The molecule has 1 fully saturated rings. The molecule has 0 saturated carbocycles. The van der Waals surface area contributed by atoms with Crippen molar-refractivity contribution in [1.29, 1.82) is 0 Å². The molecular weight excluding hydrogens is 236 g/mol. The number of nitrogens with one attached hydrogen (secondary N) is 1.